The Labute approximate surface area is 61.2 Å². The van der Waals surface area contributed by atoms with Crippen molar-refractivity contribution in [2.24, 2.45) is 5.92 Å². The third-order valence-electron chi connectivity index (χ3n) is 1.24. The lowest BCUT2D eigenvalue weighted by atomic mass is 10.1. The minimum Gasteiger partial charge on any atom is -0.393 e. The molecule has 0 radical (unpaired) electrons. The van der Waals surface area contributed by atoms with Crippen molar-refractivity contribution in [1.82, 2.24) is 0 Å². The van der Waals surface area contributed by atoms with Gasteiger partial charge in [0, 0.05) is 0 Å². The maximum Gasteiger partial charge on any atom is 0.306 e. The molecule has 0 rings (SSSR count). The largest absolute Gasteiger partial charge is 0.393 e. The van der Waals surface area contributed by atoms with Crippen LogP contribution in [0.4, 0.5) is 8.78 Å². The van der Waals surface area contributed by atoms with Gasteiger partial charge in [-0.15, -0.1) is 0 Å². The number of aliphatic hydroxyl groups excluding tert-OH is 1. The van der Waals surface area contributed by atoms with Gasteiger partial charge in [0.1, 0.15) is 0 Å². The topological polar surface area (TPSA) is 20.2 Å². The van der Waals surface area contributed by atoms with Gasteiger partial charge in [0.25, 0.3) is 0 Å². The third kappa shape index (κ3) is 3.11. The predicted molar refractivity (Wildman–Crippen MR) is 34.7 cm³/mol. The second-order valence-corrected chi connectivity index (χ2v) is 3.13. The van der Waals surface area contributed by atoms with E-state index in [0.29, 0.717) is 0 Å². The molecule has 0 aromatic heterocycles. The Bertz CT molecular complexity index is 89.4. The summed E-state index contributed by atoms with van der Waals surface area (Å²) < 4.78 is 24.2. The molecule has 1 nitrogen and oxygen atoms in total. The molecule has 0 aliphatic carbocycles. The average molecular weight is 203 g/mol. The molecule has 1 N–H and O–H groups in total. The first-order chi connectivity index (χ1) is 3.85. The molecule has 0 spiro atoms. The number of rotatable bonds is 2. The molecule has 56 valence electrons. The average Bonchev–Trinajstić information content (AvgIpc) is 1.62. The van der Waals surface area contributed by atoms with E-state index in [2.05, 4.69) is 15.9 Å². The van der Waals surface area contributed by atoms with E-state index >= 15 is 0 Å². The van der Waals surface area contributed by atoms with Gasteiger partial charge in [-0.25, -0.2) is 0 Å². The first-order valence-electron chi connectivity index (χ1n) is 2.60. The Balaban J connectivity index is 3.88. The Morgan fingerprint density at radius 1 is 1.44 bits per heavy atom. The van der Waals surface area contributed by atoms with Gasteiger partial charge in [0.2, 0.25) is 0 Å². The molecule has 0 aromatic rings. The van der Waals surface area contributed by atoms with Gasteiger partial charge >= 0.3 is 4.83 Å². The highest BCUT2D eigenvalue weighted by Crippen LogP contribution is 2.32. The third-order valence-corrected chi connectivity index (χ3v) is 1.96. The maximum absolute atomic E-state index is 12.1. The van der Waals surface area contributed by atoms with Crippen LogP contribution in [0.25, 0.3) is 0 Å². The predicted octanol–water partition coefficient (Wildman–Crippen LogP) is 1.99. The van der Waals surface area contributed by atoms with E-state index in [1.165, 1.54) is 13.8 Å². The van der Waals surface area contributed by atoms with Gasteiger partial charge < -0.3 is 5.11 Å². The Morgan fingerprint density at radius 3 is 1.78 bits per heavy atom. The molecule has 9 heavy (non-hydrogen) atoms. The van der Waals surface area contributed by atoms with Crippen molar-refractivity contribution in [3.63, 3.8) is 0 Å². The van der Waals surface area contributed by atoms with Crippen LogP contribution in [-0.2, 0) is 0 Å². The van der Waals surface area contributed by atoms with Crippen molar-refractivity contribution < 1.29 is 13.9 Å². The second kappa shape index (κ2) is 2.92. The normalized spacial score (nSPS) is 19.3. The minimum atomic E-state index is -2.96. The van der Waals surface area contributed by atoms with E-state index in [4.69, 9.17) is 5.11 Å². The Morgan fingerprint density at radius 2 is 1.78 bits per heavy atom. The fourth-order valence-electron chi connectivity index (χ4n) is 0.273. The fraction of sp³-hybridized carbons (Fsp3) is 1.00. The standard InChI is InChI=1S/C5H9BrF2O/c1-3(4(2)9)5(6,7)8/h3-4,9H,1-2H3. The monoisotopic (exact) mass is 202 g/mol. The molecule has 0 saturated heterocycles. The highest BCUT2D eigenvalue weighted by atomic mass is 79.9. The minimum absolute atomic E-state index is 0.987. The number of alkyl halides is 3. The van der Waals surface area contributed by atoms with Crippen LogP contribution in [0.5, 0.6) is 0 Å². The van der Waals surface area contributed by atoms with E-state index in [1.807, 2.05) is 0 Å². The first kappa shape index (κ1) is 9.30. The van der Waals surface area contributed by atoms with Crippen LogP contribution >= 0.6 is 15.9 Å². The molecule has 0 aromatic carbocycles. The van der Waals surface area contributed by atoms with Crippen LogP contribution in [0.3, 0.4) is 0 Å². The Kier molecular flexibility index (Phi) is 3.02. The summed E-state index contributed by atoms with van der Waals surface area (Å²) >= 11 is 2.15. The van der Waals surface area contributed by atoms with E-state index < -0.39 is 16.9 Å². The molecule has 0 aliphatic rings. The van der Waals surface area contributed by atoms with Crippen molar-refractivity contribution in [2.45, 2.75) is 24.8 Å². The van der Waals surface area contributed by atoms with Crippen molar-refractivity contribution in [1.29, 1.82) is 0 Å². The molecule has 0 bridgehead atoms. The van der Waals surface area contributed by atoms with Crippen molar-refractivity contribution in [3.05, 3.63) is 0 Å². The zero-order valence-corrected chi connectivity index (χ0v) is 6.82. The van der Waals surface area contributed by atoms with Crippen molar-refractivity contribution in [2.75, 3.05) is 0 Å². The highest BCUT2D eigenvalue weighted by molar-refractivity contribution is 9.10. The molecule has 0 amide bonds. The Hall–Kier alpha value is 0.300. The van der Waals surface area contributed by atoms with Crippen molar-refractivity contribution in [3.8, 4) is 0 Å². The summed E-state index contributed by atoms with van der Waals surface area (Å²) in [6, 6.07) is 0. The summed E-state index contributed by atoms with van der Waals surface area (Å²) in [5.74, 6) is -1.04. The molecule has 0 saturated carbocycles. The van der Waals surface area contributed by atoms with E-state index in [1.54, 1.807) is 0 Å². The van der Waals surface area contributed by atoms with Gasteiger partial charge in [-0.05, 0) is 22.9 Å². The van der Waals surface area contributed by atoms with E-state index in [-0.39, 0.29) is 0 Å². The summed E-state index contributed by atoms with van der Waals surface area (Å²) in [6.45, 7) is 2.61. The summed E-state index contributed by atoms with van der Waals surface area (Å²) in [6.07, 6.45) is -0.987. The lowest BCUT2D eigenvalue weighted by Crippen LogP contribution is -2.27. The van der Waals surface area contributed by atoms with Crippen LogP contribution in [-0.4, -0.2) is 16.0 Å². The number of aliphatic hydroxyl groups is 1. The number of hydrogen-bond acceptors (Lipinski definition) is 1. The summed E-state index contributed by atoms with van der Waals surface area (Å²) in [5, 5.41) is 8.65. The summed E-state index contributed by atoms with van der Waals surface area (Å²) in [5.41, 5.74) is 0. The van der Waals surface area contributed by atoms with E-state index in [0.717, 1.165) is 0 Å². The molecule has 2 unspecified atom stereocenters. The maximum atomic E-state index is 12.1. The fourth-order valence-corrected chi connectivity index (χ4v) is 0.656. The van der Waals surface area contributed by atoms with Gasteiger partial charge in [0.05, 0.1) is 12.0 Å². The van der Waals surface area contributed by atoms with E-state index in [9.17, 15) is 8.78 Å². The van der Waals surface area contributed by atoms with Crippen LogP contribution in [0.2, 0.25) is 0 Å². The number of halogens is 3. The van der Waals surface area contributed by atoms with Crippen LogP contribution in [0, 0.1) is 5.92 Å². The molecule has 4 heteroatoms. The van der Waals surface area contributed by atoms with Gasteiger partial charge in [-0.2, -0.15) is 8.78 Å². The first-order valence-corrected chi connectivity index (χ1v) is 3.39. The lowest BCUT2D eigenvalue weighted by Gasteiger charge is -2.19. The highest BCUT2D eigenvalue weighted by Gasteiger charge is 2.35. The van der Waals surface area contributed by atoms with Crippen LogP contribution in [0.1, 0.15) is 13.8 Å². The molecular weight excluding hydrogens is 194 g/mol. The SMILES string of the molecule is CC(O)C(C)C(F)(F)Br. The molecule has 0 fully saturated rings. The summed E-state index contributed by atoms with van der Waals surface area (Å²) in [7, 11) is 0. The van der Waals surface area contributed by atoms with Crippen molar-refractivity contribution >= 4 is 15.9 Å². The molecular formula is C5H9BrF2O. The molecule has 2 atom stereocenters. The van der Waals surface area contributed by atoms with Gasteiger partial charge in [0.15, 0.2) is 0 Å². The van der Waals surface area contributed by atoms with Crippen LogP contribution in [0.15, 0.2) is 0 Å². The molecule has 0 aliphatic heterocycles. The summed E-state index contributed by atoms with van der Waals surface area (Å²) in [4.78, 5) is -2.96. The smallest absolute Gasteiger partial charge is 0.306 e. The zero-order chi connectivity index (χ0) is 7.65. The lowest BCUT2D eigenvalue weighted by molar-refractivity contribution is -0.0113. The van der Waals surface area contributed by atoms with Gasteiger partial charge in [-0.3, -0.25) is 0 Å². The van der Waals surface area contributed by atoms with Crippen LogP contribution < -0.4 is 0 Å². The van der Waals surface area contributed by atoms with Gasteiger partial charge in [-0.1, -0.05) is 6.92 Å². The second-order valence-electron chi connectivity index (χ2n) is 2.07. The zero-order valence-electron chi connectivity index (χ0n) is 5.24. The molecule has 0 heterocycles. The quantitative estimate of drug-likeness (QED) is 0.680. The number of hydrogen-bond donors (Lipinski definition) is 1.